The molecule has 4 aliphatic carbocycles. The third-order valence-corrected chi connectivity index (χ3v) is 7.14. The number of halogens is 1. The van der Waals surface area contributed by atoms with E-state index >= 15 is 0 Å². The second-order valence-electron chi connectivity index (χ2n) is 9.74. The summed E-state index contributed by atoms with van der Waals surface area (Å²) >= 11 is 0. The van der Waals surface area contributed by atoms with Crippen molar-refractivity contribution in [1.29, 1.82) is 0 Å². The lowest BCUT2D eigenvalue weighted by Gasteiger charge is -2.55. The van der Waals surface area contributed by atoms with Crippen molar-refractivity contribution in [2.75, 3.05) is 0 Å². The molecule has 4 fully saturated rings. The molecule has 0 aromatic heterocycles. The molecule has 0 spiro atoms. The van der Waals surface area contributed by atoms with Crippen LogP contribution in [0.2, 0.25) is 0 Å². The lowest BCUT2D eigenvalue weighted by molar-refractivity contribution is -0.149. The molecule has 0 saturated heterocycles. The van der Waals surface area contributed by atoms with Crippen LogP contribution in [0.15, 0.2) is 24.3 Å². The Morgan fingerprint density at radius 1 is 1.04 bits per heavy atom. The number of benzene rings is 1. The Morgan fingerprint density at radius 3 is 2.07 bits per heavy atom. The van der Waals surface area contributed by atoms with Gasteiger partial charge in [0.05, 0.1) is 0 Å². The van der Waals surface area contributed by atoms with Crippen molar-refractivity contribution in [3.05, 3.63) is 35.6 Å². The van der Waals surface area contributed by atoms with Crippen LogP contribution in [0.25, 0.3) is 0 Å². The second kappa shape index (κ2) is 7.49. The molecule has 1 aromatic carbocycles. The Labute approximate surface area is 166 Å². The van der Waals surface area contributed by atoms with Gasteiger partial charge in [-0.05, 0) is 79.9 Å². The largest absolute Gasteiger partial charge is 0.350 e. The first-order valence-corrected chi connectivity index (χ1v) is 10.7. The molecule has 0 radical (unpaired) electrons. The van der Waals surface area contributed by atoms with Gasteiger partial charge < -0.3 is 10.6 Å². The van der Waals surface area contributed by atoms with Gasteiger partial charge in [-0.3, -0.25) is 9.59 Å². The van der Waals surface area contributed by atoms with E-state index in [0.29, 0.717) is 24.3 Å². The van der Waals surface area contributed by atoms with Crippen LogP contribution in [0, 0.1) is 34.9 Å². The summed E-state index contributed by atoms with van der Waals surface area (Å²) in [4.78, 5) is 26.1. The van der Waals surface area contributed by atoms with E-state index in [1.54, 1.807) is 12.1 Å². The number of amides is 2. The molecule has 152 valence electrons. The molecule has 0 aliphatic heterocycles. The van der Waals surface area contributed by atoms with Crippen molar-refractivity contribution in [3.63, 3.8) is 0 Å². The van der Waals surface area contributed by atoms with Crippen LogP contribution >= 0.6 is 0 Å². The van der Waals surface area contributed by atoms with E-state index in [1.807, 2.05) is 13.8 Å². The summed E-state index contributed by atoms with van der Waals surface area (Å²) in [7, 11) is 0. The minimum absolute atomic E-state index is 0.00563. The normalized spacial score (nSPS) is 31.6. The van der Waals surface area contributed by atoms with Crippen molar-refractivity contribution >= 4 is 11.8 Å². The van der Waals surface area contributed by atoms with Crippen molar-refractivity contribution in [2.24, 2.45) is 29.1 Å². The highest BCUT2D eigenvalue weighted by Gasteiger charge is 2.55. The van der Waals surface area contributed by atoms with E-state index in [0.717, 1.165) is 24.8 Å². The summed E-state index contributed by atoms with van der Waals surface area (Å²) in [6.07, 6.45) is 6.85. The average molecular weight is 387 g/mol. The van der Waals surface area contributed by atoms with Crippen LogP contribution in [0.4, 0.5) is 4.39 Å². The van der Waals surface area contributed by atoms with E-state index in [9.17, 15) is 14.0 Å². The van der Waals surface area contributed by atoms with Crippen molar-refractivity contribution in [2.45, 2.75) is 65.0 Å². The van der Waals surface area contributed by atoms with E-state index in [1.165, 1.54) is 31.4 Å². The summed E-state index contributed by atoms with van der Waals surface area (Å²) in [6, 6.07) is 5.55. The third-order valence-electron chi connectivity index (χ3n) is 7.14. The lowest BCUT2D eigenvalue weighted by Crippen LogP contribution is -2.58. The van der Waals surface area contributed by atoms with Crippen LogP contribution in [0.1, 0.15) is 57.9 Å². The summed E-state index contributed by atoms with van der Waals surface area (Å²) in [5.41, 5.74) is 0.587. The highest BCUT2D eigenvalue weighted by molar-refractivity contribution is 5.90. The van der Waals surface area contributed by atoms with Crippen LogP contribution in [-0.4, -0.2) is 17.9 Å². The minimum atomic E-state index is -0.541. The van der Waals surface area contributed by atoms with Gasteiger partial charge in [-0.25, -0.2) is 4.39 Å². The van der Waals surface area contributed by atoms with Gasteiger partial charge in [0, 0.05) is 12.0 Å². The van der Waals surface area contributed by atoms with Gasteiger partial charge in [-0.15, -0.1) is 0 Å². The molecule has 2 amide bonds. The van der Waals surface area contributed by atoms with E-state index < -0.39 is 6.04 Å². The first kappa shape index (κ1) is 19.4. The van der Waals surface area contributed by atoms with Gasteiger partial charge in [0.2, 0.25) is 11.8 Å². The molecule has 1 unspecified atom stereocenters. The Balaban J connectivity index is 1.39. The van der Waals surface area contributed by atoms with Crippen LogP contribution in [-0.2, 0) is 16.1 Å². The smallest absolute Gasteiger partial charge is 0.243 e. The molecular weight excluding hydrogens is 355 g/mol. The van der Waals surface area contributed by atoms with Gasteiger partial charge >= 0.3 is 0 Å². The van der Waals surface area contributed by atoms with Crippen LogP contribution in [0.5, 0.6) is 0 Å². The summed E-state index contributed by atoms with van der Waals surface area (Å²) in [5, 5.41) is 6.01. The fourth-order valence-corrected chi connectivity index (χ4v) is 6.12. The molecule has 4 bridgehead atoms. The Bertz CT molecular complexity index is 708. The van der Waals surface area contributed by atoms with Gasteiger partial charge in [-0.1, -0.05) is 26.0 Å². The first-order chi connectivity index (χ1) is 13.3. The lowest BCUT2D eigenvalue weighted by atomic mass is 9.49. The predicted octanol–water partition coefficient (Wildman–Crippen LogP) is 3.80. The molecular formula is C23H31FN2O2. The highest BCUT2D eigenvalue weighted by atomic mass is 19.1. The summed E-state index contributed by atoms with van der Waals surface area (Å²) < 4.78 is 13.0. The SMILES string of the molecule is CC(C)C(NC(=O)C12CC3CC(CC(C3)C1)C2)C(=O)NCc1ccc(F)cc1. The fourth-order valence-electron chi connectivity index (χ4n) is 6.12. The molecule has 4 saturated carbocycles. The standard InChI is InChI=1S/C23H31FN2O2/c1-14(2)20(21(27)25-13-15-3-5-19(24)6-4-15)26-22(28)23-10-16-7-17(11-23)9-18(8-16)12-23/h3-6,14,16-18,20H,7-13H2,1-2H3,(H,25,27)(H,26,28). The fraction of sp³-hybridized carbons (Fsp3) is 0.652. The number of carbonyl (C=O) groups excluding carboxylic acids is 2. The molecule has 5 heteroatoms. The zero-order valence-electron chi connectivity index (χ0n) is 16.8. The monoisotopic (exact) mass is 386 g/mol. The Morgan fingerprint density at radius 2 is 1.57 bits per heavy atom. The second-order valence-corrected chi connectivity index (χ2v) is 9.74. The Hall–Kier alpha value is -1.91. The van der Waals surface area contributed by atoms with Crippen molar-refractivity contribution < 1.29 is 14.0 Å². The van der Waals surface area contributed by atoms with Gasteiger partial charge in [0.25, 0.3) is 0 Å². The molecule has 1 aromatic rings. The van der Waals surface area contributed by atoms with Crippen LogP contribution in [0.3, 0.4) is 0 Å². The maximum absolute atomic E-state index is 13.3. The average Bonchev–Trinajstić information content (AvgIpc) is 2.64. The molecule has 0 heterocycles. The third kappa shape index (κ3) is 3.81. The van der Waals surface area contributed by atoms with E-state index in [-0.39, 0.29) is 29.0 Å². The first-order valence-electron chi connectivity index (χ1n) is 10.7. The highest BCUT2D eigenvalue weighted by Crippen LogP contribution is 2.60. The summed E-state index contributed by atoms with van der Waals surface area (Å²) in [6.45, 7) is 4.25. The topological polar surface area (TPSA) is 58.2 Å². The zero-order valence-corrected chi connectivity index (χ0v) is 16.8. The minimum Gasteiger partial charge on any atom is -0.350 e. The molecule has 28 heavy (non-hydrogen) atoms. The molecule has 5 rings (SSSR count). The van der Waals surface area contributed by atoms with E-state index in [2.05, 4.69) is 10.6 Å². The maximum atomic E-state index is 13.3. The zero-order chi connectivity index (χ0) is 19.9. The van der Waals surface area contributed by atoms with Gasteiger partial charge in [0.1, 0.15) is 11.9 Å². The number of carbonyl (C=O) groups is 2. The summed E-state index contributed by atoms with van der Waals surface area (Å²) in [5.74, 6) is 1.72. The maximum Gasteiger partial charge on any atom is 0.243 e. The van der Waals surface area contributed by atoms with Crippen LogP contribution < -0.4 is 10.6 Å². The predicted molar refractivity (Wildman–Crippen MR) is 106 cm³/mol. The quantitative estimate of drug-likeness (QED) is 0.781. The van der Waals surface area contributed by atoms with E-state index in [4.69, 9.17) is 0 Å². The Kier molecular flexibility index (Phi) is 5.19. The van der Waals surface area contributed by atoms with Gasteiger partial charge in [-0.2, -0.15) is 0 Å². The van der Waals surface area contributed by atoms with Gasteiger partial charge in [0.15, 0.2) is 0 Å². The number of hydrogen-bond donors (Lipinski definition) is 2. The van der Waals surface area contributed by atoms with Crippen molar-refractivity contribution in [3.8, 4) is 0 Å². The molecule has 4 aliphatic rings. The number of rotatable bonds is 6. The van der Waals surface area contributed by atoms with Crippen molar-refractivity contribution in [1.82, 2.24) is 10.6 Å². The number of hydrogen-bond acceptors (Lipinski definition) is 2. The molecule has 4 nitrogen and oxygen atoms in total. The molecule has 1 atom stereocenters. The molecule has 2 N–H and O–H groups in total. The number of nitrogens with one attached hydrogen (secondary N) is 2.